The van der Waals surface area contributed by atoms with Crippen LogP contribution < -0.4 is 10.6 Å². The third kappa shape index (κ3) is 4.47. The number of alkyl carbamates (subject to hydrolysis) is 1. The Morgan fingerprint density at radius 1 is 1.03 bits per heavy atom. The Balaban J connectivity index is 1.33. The van der Waals surface area contributed by atoms with E-state index in [2.05, 4.69) is 34.9 Å². The molecule has 32 heavy (non-hydrogen) atoms. The summed E-state index contributed by atoms with van der Waals surface area (Å²) in [4.78, 5) is 36.2. The summed E-state index contributed by atoms with van der Waals surface area (Å²) in [6.07, 6.45) is 1.37. The lowest BCUT2D eigenvalue weighted by molar-refractivity contribution is -0.141. The van der Waals surface area contributed by atoms with Crippen LogP contribution in [0.1, 0.15) is 49.7 Å². The van der Waals surface area contributed by atoms with E-state index in [1.807, 2.05) is 31.2 Å². The summed E-state index contributed by atoms with van der Waals surface area (Å²) in [5, 5.41) is 14.7. The molecule has 3 N–H and O–H groups in total. The highest BCUT2D eigenvalue weighted by atomic mass is 16.5. The van der Waals surface area contributed by atoms with Crippen LogP contribution in [-0.2, 0) is 14.3 Å². The number of hydrogen-bond acceptors (Lipinski definition) is 4. The molecule has 0 heterocycles. The number of fused-ring (bicyclic) bond motifs is 3. The molecule has 0 spiro atoms. The van der Waals surface area contributed by atoms with Gasteiger partial charge in [0.1, 0.15) is 12.6 Å². The van der Waals surface area contributed by atoms with Crippen LogP contribution in [-0.4, -0.2) is 41.8 Å². The van der Waals surface area contributed by atoms with Crippen molar-refractivity contribution in [2.24, 2.45) is 5.92 Å². The molecule has 0 radical (unpaired) electrons. The van der Waals surface area contributed by atoms with Gasteiger partial charge in [-0.25, -0.2) is 4.79 Å². The Kier molecular flexibility index (Phi) is 6.44. The fourth-order valence-corrected chi connectivity index (χ4v) is 4.77. The zero-order valence-electron chi connectivity index (χ0n) is 18.0. The van der Waals surface area contributed by atoms with Crippen LogP contribution in [0.25, 0.3) is 11.1 Å². The number of benzene rings is 2. The maximum absolute atomic E-state index is 12.6. The van der Waals surface area contributed by atoms with Crippen molar-refractivity contribution in [2.45, 2.75) is 50.6 Å². The number of carboxylic acid groups (broad SMARTS) is 1. The summed E-state index contributed by atoms with van der Waals surface area (Å²) in [5.41, 5.74) is 4.55. The van der Waals surface area contributed by atoms with E-state index >= 15 is 0 Å². The molecule has 2 aromatic carbocycles. The molecule has 3 atom stereocenters. The van der Waals surface area contributed by atoms with E-state index < -0.39 is 24.0 Å². The quantitative estimate of drug-likeness (QED) is 0.614. The average Bonchev–Trinajstić information content (AvgIpc) is 3.39. The van der Waals surface area contributed by atoms with Crippen molar-refractivity contribution in [3.63, 3.8) is 0 Å². The number of aliphatic carboxylic acids is 1. The lowest BCUT2D eigenvalue weighted by atomic mass is 9.98. The van der Waals surface area contributed by atoms with Crippen LogP contribution in [0.2, 0.25) is 0 Å². The molecule has 1 fully saturated rings. The molecule has 2 amide bonds. The third-order valence-corrected chi connectivity index (χ3v) is 6.49. The molecule has 2 aliphatic rings. The summed E-state index contributed by atoms with van der Waals surface area (Å²) >= 11 is 0. The molecule has 2 unspecified atom stereocenters. The minimum absolute atomic E-state index is 0.0477. The number of carbonyl (C=O) groups is 3. The molecule has 2 aliphatic carbocycles. The smallest absolute Gasteiger partial charge is 0.407 e. The summed E-state index contributed by atoms with van der Waals surface area (Å²) in [6, 6.07) is 15.3. The molecule has 7 nitrogen and oxygen atoms in total. The molecule has 0 saturated heterocycles. The molecule has 0 bridgehead atoms. The van der Waals surface area contributed by atoms with E-state index in [1.54, 1.807) is 0 Å². The highest BCUT2D eigenvalue weighted by Crippen LogP contribution is 2.44. The Morgan fingerprint density at radius 2 is 1.66 bits per heavy atom. The number of hydrogen-bond donors (Lipinski definition) is 3. The Hall–Kier alpha value is -3.35. The molecular weight excluding hydrogens is 408 g/mol. The van der Waals surface area contributed by atoms with Crippen LogP contribution in [0.5, 0.6) is 0 Å². The van der Waals surface area contributed by atoms with Gasteiger partial charge in [0.05, 0.1) is 5.92 Å². The van der Waals surface area contributed by atoms with E-state index in [4.69, 9.17) is 9.84 Å². The third-order valence-electron chi connectivity index (χ3n) is 6.49. The number of carbonyl (C=O) groups excluding carboxylic acids is 2. The Labute approximate surface area is 187 Å². The van der Waals surface area contributed by atoms with Crippen LogP contribution in [0.4, 0.5) is 4.79 Å². The van der Waals surface area contributed by atoms with Gasteiger partial charge in [-0.3, -0.25) is 9.59 Å². The number of rotatable bonds is 7. The summed E-state index contributed by atoms with van der Waals surface area (Å²) in [6.45, 7) is 1.99. The molecule has 1 saturated carbocycles. The van der Waals surface area contributed by atoms with Gasteiger partial charge in [0.2, 0.25) is 5.91 Å². The molecule has 0 aliphatic heterocycles. The first-order valence-electron chi connectivity index (χ1n) is 11.1. The maximum Gasteiger partial charge on any atom is 0.407 e. The number of carboxylic acids is 1. The average molecular weight is 437 g/mol. The van der Waals surface area contributed by atoms with E-state index in [9.17, 15) is 14.4 Å². The Morgan fingerprint density at radius 3 is 2.22 bits per heavy atom. The fourth-order valence-electron chi connectivity index (χ4n) is 4.77. The van der Waals surface area contributed by atoms with Crippen molar-refractivity contribution < 1.29 is 24.2 Å². The van der Waals surface area contributed by atoms with Gasteiger partial charge in [-0.2, -0.15) is 0 Å². The van der Waals surface area contributed by atoms with Gasteiger partial charge in [-0.1, -0.05) is 55.5 Å². The summed E-state index contributed by atoms with van der Waals surface area (Å²) in [5.74, 6) is -1.61. The first kappa shape index (κ1) is 21.9. The van der Waals surface area contributed by atoms with Crippen LogP contribution >= 0.6 is 0 Å². The zero-order valence-corrected chi connectivity index (χ0v) is 18.0. The van der Waals surface area contributed by atoms with Gasteiger partial charge in [-0.05, 0) is 47.9 Å². The first-order valence-corrected chi connectivity index (χ1v) is 11.1. The topological polar surface area (TPSA) is 105 Å². The summed E-state index contributed by atoms with van der Waals surface area (Å²) in [7, 11) is 0. The standard InChI is InChI=1S/C25H28N2O5/c1-2-22(23(28)26-16-12-11-15(13-16)24(29)30)27-25(31)32-14-21-19-9-5-3-7-17(19)18-8-4-6-10-20(18)21/h3-10,15-16,21-22H,2,11-14H2,1H3,(H,26,28)(H,27,31)(H,29,30)/t15?,16?,22-/m0/s1. The highest BCUT2D eigenvalue weighted by Gasteiger charge is 2.33. The molecule has 4 rings (SSSR count). The van der Waals surface area contributed by atoms with E-state index in [1.165, 1.54) is 0 Å². The van der Waals surface area contributed by atoms with Crippen LogP contribution in [0.3, 0.4) is 0 Å². The van der Waals surface area contributed by atoms with Crippen LogP contribution in [0.15, 0.2) is 48.5 Å². The maximum atomic E-state index is 12.6. The van der Waals surface area contributed by atoms with Crippen molar-refractivity contribution in [1.82, 2.24) is 10.6 Å². The van der Waals surface area contributed by atoms with Gasteiger partial charge < -0.3 is 20.5 Å². The van der Waals surface area contributed by atoms with Gasteiger partial charge in [-0.15, -0.1) is 0 Å². The van der Waals surface area contributed by atoms with Crippen LogP contribution in [0, 0.1) is 5.92 Å². The van der Waals surface area contributed by atoms with E-state index in [0.29, 0.717) is 25.7 Å². The number of ether oxygens (including phenoxy) is 1. The predicted molar refractivity (Wildman–Crippen MR) is 119 cm³/mol. The van der Waals surface area contributed by atoms with Crippen molar-refractivity contribution in [3.05, 3.63) is 59.7 Å². The number of nitrogens with one attached hydrogen (secondary N) is 2. The minimum Gasteiger partial charge on any atom is -0.481 e. The van der Waals surface area contributed by atoms with Crippen molar-refractivity contribution in [2.75, 3.05) is 6.61 Å². The number of amides is 2. The van der Waals surface area contributed by atoms with Crippen molar-refractivity contribution in [1.29, 1.82) is 0 Å². The lowest BCUT2D eigenvalue weighted by Gasteiger charge is -2.20. The SMILES string of the molecule is CC[C@H](NC(=O)OCC1c2ccccc2-c2ccccc21)C(=O)NC1CCC(C(=O)O)C1. The van der Waals surface area contributed by atoms with E-state index in [0.717, 1.165) is 22.3 Å². The second kappa shape index (κ2) is 9.42. The fraction of sp³-hybridized carbons (Fsp3) is 0.400. The van der Waals surface area contributed by atoms with Gasteiger partial charge in [0, 0.05) is 12.0 Å². The zero-order chi connectivity index (χ0) is 22.7. The molecule has 0 aromatic heterocycles. The first-order chi connectivity index (χ1) is 15.5. The Bertz CT molecular complexity index is 975. The predicted octanol–water partition coefficient (Wildman–Crippen LogP) is 3.67. The van der Waals surface area contributed by atoms with Gasteiger partial charge in [0.15, 0.2) is 0 Å². The molecular formula is C25H28N2O5. The largest absolute Gasteiger partial charge is 0.481 e. The van der Waals surface area contributed by atoms with Gasteiger partial charge >= 0.3 is 12.1 Å². The molecule has 168 valence electrons. The van der Waals surface area contributed by atoms with E-state index in [-0.39, 0.29) is 24.5 Å². The lowest BCUT2D eigenvalue weighted by Crippen LogP contribution is -2.49. The second-order valence-corrected chi connectivity index (χ2v) is 8.48. The summed E-state index contributed by atoms with van der Waals surface area (Å²) < 4.78 is 5.53. The van der Waals surface area contributed by atoms with Crippen molar-refractivity contribution in [3.8, 4) is 11.1 Å². The highest BCUT2D eigenvalue weighted by molar-refractivity contribution is 5.86. The second-order valence-electron chi connectivity index (χ2n) is 8.48. The normalized spacial score (nSPS) is 20.2. The van der Waals surface area contributed by atoms with Gasteiger partial charge in [0.25, 0.3) is 0 Å². The monoisotopic (exact) mass is 436 g/mol. The molecule has 2 aromatic rings. The minimum atomic E-state index is -0.828. The molecule has 7 heteroatoms. The van der Waals surface area contributed by atoms with Crippen molar-refractivity contribution >= 4 is 18.0 Å².